The molecule has 0 amide bonds. The molecule has 2 aromatic carbocycles. The molecule has 1 spiro atoms. The standard InChI is InChI=1S/C23H32N2O3/c1-17(2)25-9-10-27-16-23(15-25)8-7-22(28-23)14-24-13-18-3-4-20-12-21(26)6-5-19(20)11-18/h3-6,11-12,17,22,24,26H,7-10,13-16H2,1-2H3/t22-,23-/m1/s1. The van der Waals surface area contributed by atoms with Crippen molar-refractivity contribution in [2.45, 2.75) is 51.0 Å². The molecule has 0 bridgehead atoms. The molecular formula is C23H32N2O3. The zero-order valence-electron chi connectivity index (χ0n) is 17.0. The molecule has 5 heteroatoms. The fourth-order valence-corrected chi connectivity index (χ4v) is 4.41. The summed E-state index contributed by atoms with van der Waals surface area (Å²) in [6.07, 6.45) is 2.40. The molecule has 28 heavy (non-hydrogen) atoms. The number of hydrogen-bond donors (Lipinski definition) is 2. The number of fused-ring (bicyclic) bond motifs is 1. The zero-order chi connectivity index (χ0) is 19.6. The van der Waals surface area contributed by atoms with Gasteiger partial charge in [0.25, 0.3) is 0 Å². The Bertz CT molecular complexity index is 810. The second kappa shape index (κ2) is 8.37. The highest BCUT2D eigenvalue weighted by Crippen LogP contribution is 2.33. The predicted molar refractivity (Wildman–Crippen MR) is 112 cm³/mol. The normalized spacial score (nSPS) is 26.3. The van der Waals surface area contributed by atoms with Crippen LogP contribution < -0.4 is 5.32 Å². The average Bonchev–Trinajstić information content (AvgIpc) is 2.94. The Morgan fingerprint density at radius 1 is 1.21 bits per heavy atom. The van der Waals surface area contributed by atoms with Gasteiger partial charge in [0.15, 0.2) is 0 Å². The van der Waals surface area contributed by atoms with E-state index in [1.54, 1.807) is 12.1 Å². The third-order valence-corrected chi connectivity index (χ3v) is 6.04. The van der Waals surface area contributed by atoms with E-state index in [2.05, 4.69) is 42.3 Å². The van der Waals surface area contributed by atoms with Crippen LogP contribution in [-0.4, -0.2) is 60.6 Å². The van der Waals surface area contributed by atoms with Crippen molar-refractivity contribution in [3.8, 4) is 5.75 Å². The van der Waals surface area contributed by atoms with Crippen molar-refractivity contribution >= 4 is 10.8 Å². The van der Waals surface area contributed by atoms with Gasteiger partial charge in [0.2, 0.25) is 0 Å². The van der Waals surface area contributed by atoms with Gasteiger partial charge in [-0.25, -0.2) is 0 Å². The monoisotopic (exact) mass is 384 g/mol. The van der Waals surface area contributed by atoms with E-state index in [9.17, 15) is 5.11 Å². The Morgan fingerprint density at radius 3 is 2.89 bits per heavy atom. The third kappa shape index (κ3) is 4.49. The molecule has 4 rings (SSSR count). The maximum absolute atomic E-state index is 9.59. The molecule has 2 aliphatic heterocycles. The molecule has 0 aromatic heterocycles. The minimum atomic E-state index is -0.141. The number of benzene rings is 2. The van der Waals surface area contributed by atoms with Crippen molar-refractivity contribution in [1.29, 1.82) is 0 Å². The SMILES string of the molecule is CC(C)N1CCOC[C@@]2(CC[C@H](CNCc3ccc4cc(O)ccc4c3)O2)C1. The first kappa shape index (κ1) is 19.6. The van der Waals surface area contributed by atoms with Crippen LogP contribution in [0.4, 0.5) is 0 Å². The highest BCUT2D eigenvalue weighted by Gasteiger charge is 2.43. The molecule has 0 unspecified atom stereocenters. The van der Waals surface area contributed by atoms with Crippen molar-refractivity contribution in [3.63, 3.8) is 0 Å². The molecule has 152 valence electrons. The van der Waals surface area contributed by atoms with Crippen LogP contribution in [0.5, 0.6) is 5.75 Å². The minimum Gasteiger partial charge on any atom is -0.508 e. The molecule has 2 N–H and O–H groups in total. The Kier molecular flexibility index (Phi) is 5.88. The van der Waals surface area contributed by atoms with Crippen LogP contribution in [0, 0.1) is 0 Å². The molecule has 2 saturated heterocycles. The van der Waals surface area contributed by atoms with Crippen molar-refractivity contribution in [1.82, 2.24) is 10.2 Å². The van der Waals surface area contributed by atoms with Crippen molar-refractivity contribution in [2.24, 2.45) is 0 Å². The first-order valence-corrected chi connectivity index (χ1v) is 10.5. The lowest BCUT2D eigenvalue weighted by atomic mass is 9.99. The maximum Gasteiger partial charge on any atom is 0.116 e. The number of hydrogen-bond acceptors (Lipinski definition) is 5. The van der Waals surface area contributed by atoms with E-state index in [1.807, 2.05) is 6.07 Å². The van der Waals surface area contributed by atoms with Gasteiger partial charge in [-0.2, -0.15) is 0 Å². The first-order chi connectivity index (χ1) is 13.5. The molecule has 2 heterocycles. The molecule has 0 radical (unpaired) electrons. The number of ether oxygens (including phenoxy) is 2. The van der Waals surface area contributed by atoms with Gasteiger partial charge in [0, 0.05) is 32.2 Å². The molecule has 2 aliphatic rings. The quantitative estimate of drug-likeness (QED) is 0.829. The lowest BCUT2D eigenvalue weighted by Gasteiger charge is -2.34. The predicted octanol–water partition coefficient (Wildman–Crippen LogP) is 3.29. The molecule has 0 saturated carbocycles. The van der Waals surface area contributed by atoms with Crippen LogP contribution in [0.15, 0.2) is 36.4 Å². The summed E-state index contributed by atoms with van der Waals surface area (Å²) in [6.45, 7) is 9.64. The van der Waals surface area contributed by atoms with E-state index >= 15 is 0 Å². The summed E-state index contributed by atoms with van der Waals surface area (Å²) < 4.78 is 12.4. The Labute approximate surface area is 167 Å². The van der Waals surface area contributed by atoms with Crippen molar-refractivity contribution in [3.05, 3.63) is 42.0 Å². The van der Waals surface area contributed by atoms with Crippen LogP contribution in [0.25, 0.3) is 10.8 Å². The van der Waals surface area contributed by atoms with Gasteiger partial charge in [-0.1, -0.05) is 18.2 Å². The van der Waals surface area contributed by atoms with Crippen molar-refractivity contribution in [2.75, 3.05) is 32.8 Å². The van der Waals surface area contributed by atoms with Gasteiger partial charge < -0.3 is 19.9 Å². The number of rotatable bonds is 5. The second-order valence-electron chi connectivity index (χ2n) is 8.58. The van der Waals surface area contributed by atoms with Crippen LogP contribution in [-0.2, 0) is 16.0 Å². The number of aromatic hydroxyl groups is 1. The number of phenolic OH excluding ortho intramolecular Hbond substituents is 1. The zero-order valence-corrected chi connectivity index (χ0v) is 17.0. The number of nitrogens with one attached hydrogen (secondary N) is 1. The Balaban J connectivity index is 1.30. The van der Waals surface area contributed by atoms with E-state index in [0.29, 0.717) is 18.4 Å². The van der Waals surface area contributed by atoms with Crippen LogP contribution in [0.2, 0.25) is 0 Å². The fourth-order valence-electron chi connectivity index (χ4n) is 4.41. The van der Waals surface area contributed by atoms with Gasteiger partial charge in [0.1, 0.15) is 11.4 Å². The van der Waals surface area contributed by atoms with Crippen LogP contribution >= 0.6 is 0 Å². The number of phenols is 1. The van der Waals surface area contributed by atoms with E-state index in [4.69, 9.17) is 9.47 Å². The van der Waals surface area contributed by atoms with E-state index in [-0.39, 0.29) is 11.7 Å². The highest BCUT2D eigenvalue weighted by molar-refractivity contribution is 5.84. The Morgan fingerprint density at radius 2 is 2.04 bits per heavy atom. The molecule has 5 nitrogen and oxygen atoms in total. The van der Waals surface area contributed by atoms with Crippen LogP contribution in [0.1, 0.15) is 32.3 Å². The fraction of sp³-hybridized carbons (Fsp3) is 0.565. The largest absolute Gasteiger partial charge is 0.508 e. The van der Waals surface area contributed by atoms with E-state index in [1.165, 1.54) is 5.56 Å². The summed E-state index contributed by atoms with van der Waals surface area (Å²) in [7, 11) is 0. The molecule has 0 aliphatic carbocycles. The van der Waals surface area contributed by atoms with Gasteiger partial charge in [-0.05, 0) is 61.2 Å². The summed E-state index contributed by atoms with van der Waals surface area (Å²) >= 11 is 0. The highest BCUT2D eigenvalue weighted by atomic mass is 16.6. The maximum atomic E-state index is 9.59. The summed E-state index contributed by atoms with van der Waals surface area (Å²) in [5.74, 6) is 0.309. The van der Waals surface area contributed by atoms with E-state index < -0.39 is 0 Å². The Hall–Kier alpha value is -1.66. The smallest absolute Gasteiger partial charge is 0.116 e. The lowest BCUT2D eigenvalue weighted by molar-refractivity contribution is -0.0866. The summed E-state index contributed by atoms with van der Waals surface area (Å²) in [4.78, 5) is 2.48. The van der Waals surface area contributed by atoms with E-state index in [0.717, 1.165) is 56.4 Å². The van der Waals surface area contributed by atoms with Crippen molar-refractivity contribution < 1.29 is 14.6 Å². The van der Waals surface area contributed by atoms with Gasteiger partial charge >= 0.3 is 0 Å². The second-order valence-corrected chi connectivity index (χ2v) is 8.58. The lowest BCUT2D eigenvalue weighted by Crippen LogP contribution is -2.47. The third-order valence-electron chi connectivity index (χ3n) is 6.04. The summed E-state index contributed by atoms with van der Waals surface area (Å²) in [5, 5.41) is 15.4. The van der Waals surface area contributed by atoms with Gasteiger partial charge in [-0.3, -0.25) is 4.90 Å². The topological polar surface area (TPSA) is 54.0 Å². The summed E-state index contributed by atoms with van der Waals surface area (Å²) in [5.41, 5.74) is 1.10. The first-order valence-electron chi connectivity index (χ1n) is 10.5. The summed E-state index contributed by atoms with van der Waals surface area (Å²) in [6, 6.07) is 12.4. The average molecular weight is 385 g/mol. The molecule has 2 aromatic rings. The van der Waals surface area contributed by atoms with Gasteiger partial charge in [-0.15, -0.1) is 0 Å². The molecule has 2 fully saturated rings. The number of nitrogens with zero attached hydrogens (tertiary/aromatic N) is 1. The van der Waals surface area contributed by atoms with Gasteiger partial charge in [0.05, 0.1) is 19.3 Å². The molecule has 2 atom stereocenters. The minimum absolute atomic E-state index is 0.141. The van der Waals surface area contributed by atoms with Crippen LogP contribution in [0.3, 0.4) is 0 Å². The molecular weight excluding hydrogens is 352 g/mol.